The normalized spacial score (nSPS) is 10.7. The molecule has 2 aromatic heterocycles. The summed E-state index contributed by atoms with van der Waals surface area (Å²) in [7, 11) is 0. The first-order chi connectivity index (χ1) is 8.66. The van der Waals surface area contributed by atoms with Gasteiger partial charge in [0.05, 0.1) is 0 Å². The van der Waals surface area contributed by atoms with Gasteiger partial charge >= 0.3 is 5.97 Å². The van der Waals surface area contributed by atoms with Crippen molar-refractivity contribution in [1.82, 2.24) is 5.32 Å². The molecule has 2 heterocycles. The fraction of sp³-hybridized carbons (Fsp3) is 0.308. The summed E-state index contributed by atoms with van der Waals surface area (Å²) in [6.07, 6.45) is 0.986. The third-order valence-electron chi connectivity index (χ3n) is 2.68. The van der Waals surface area contributed by atoms with Crippen LogP contribution in [0.4, 0.5) is 0 Å². The maximum Gasteiger partial charge on any atom is 0.371 e. The second-order valence-corrected chi connectivity index (χ2v) is 5.04. The molecule has 4 nitrogen and oxygen atoms in total. The minimum Gasteiger partial charge on any atom is -0.475 e. The Morgan fingerprint density at radius 2 is 2.39 bits per heavy atom. The Kier molecular flexibility index (Phi) is 4.17. The molecular formula is C13H15NO3S. The molecule has 0 radical (unpaired) electrons. The summed E-state index contributed by atoms with van der Waals surface area (Å²) in [4.78, 5) is 12.1. The number of aromatic carboxylic acids is 1. The Bertz CT molecular complexity index is 516. The van der Waals surface area contributed by atoms with Crippen molar-refractivity contribution in [2.45, 2.75) is 19.9 Å². The molecule has 0 aliphatic carbocycles. The van der Waals surface area contributed by atoms with Crippen LogP contribution >= 0.6 is 11.3 Å². The van der Waals surface area contributed by atoms with Crippen molar-refractivity contribution in [1.29, 1.82) is 0 Å². The molecule has 96 valence electrons. The molecule has 0 saturated heterocycles. The molecule has 2 rings (SSSR count). The van der Waals surface area contributed by atoms with E-state index in [2.05, 4.69) is 16.8 Å². The summed E-state index contributed by atoms with van der Waals surface area (Å²) >= 11 is 1.74. The second kappa shape index (κ2) is 5.84. The Labute approximate surface area is 109 Å². The van der Waals surface area contributed by atoms with Crippen molar-refractivity contribution in [2.24, 2.45) is 0 Å². The lowest BCUT2D eigenvalue weighted by atomic mass is 10.2. The summed E-state index contributed by atoms with van der Waals surface area (Å²) in [6, 6.07) is 5.73. The maximum atomic E-state index is 10.7. The first-order valence-electron chi connectivity index (χ1n) is 5.72. The zero-order chi connectivity index (χ0) is 13.0. The number of hydrogen-bond acceptors (Lipinski definition) is 4. The van der Waals surface area contributed by atoms with Gasteiger partial charge in [-0.05, 0) is 30.9 Å². The highest BCUT2D eigenvalue weighted by Gasteiger charge is 2.12. The van der Waals surface area contributed by atoms with Crippen LogP contribution in [-0.4, -0.2) is 17.6 Å². The van der Waals surface area contributed by atoms with E-state index in [9.17, 15) is 4.79 Å². The van der Waals surface area contributed by atoms with Crippen LogP contribution in [0.15, 0.2) is 28.0 Å². The first-order valence-corrected chi connectivity index (χ1v) is 6.60. The van der Waals surface area contributed by atoms with Crippen molar-refractivity contribution in [3.8, 4) is 0 Å². The van der Waals surface area contributed by atoms with Gasteiger partial charge in [0.25, 0.3) is 0 Å². The SMILES string of the molecule is Cc1oc(C(=O)O)cc1CNCCc1cccs1. The van der Waals surface area contributed by atoms with Crippen molar-refractivity contribution in [2.75, 3.05) is 6.54 Å². The Morgan fingerprint density at radius 3 is 3.00 bits per heavy atom. The monoisotopic (exact) mass is 265 g/mol. The standard InChI is InChI=1S/C13H15NO3S/c1-9-10(7-12(17-9)13(15)16)8-14-5-4-11-3-2-6-18-11/h2-3,6-7,14H,4-5,8H2,1H3,(H,15,16). The highest BCUT2D eigenvalue weighted by molar-refractivity contribution is 7.09. The molecule has 0 atom stereocenters. The molecule has 0 aliphatic rings. The van der Waals surface area contributed by atoms with Crippen LogP contribution in [0, 0.1) is 6.92 Å². The molecule has 0 spiro atoms. The van der Waals surface area contributed by atoms with Crippen LogP contribution in [0.1, 0.15) is 26.8 Å². The topological polar surface area (TPSA) is 62.5 Å². The van der Waals surface area contributed by atoms with Gasteiger partial charge in [-0.1, -0.05) is 6.07 Å². The number of rotatable bonds is 6. The van der Waals surface area contributed by atoms with E-state index in [-0.39, 0.29) is 5.76 Å². The van der Waals surface area contributed by atoms with Gasteiger partial charge in [-0.2, -0.15) is 0 Å². The number of hydrogen-bond donors (Lipinski definition) is 2. The van der Waals surface area contributed by atoms with Gasteiger partial charge in [-0.25, -0.2) is 4.79 Å². The van der Waals surface area contributed by atoms with Crippen molar-refractivity contribution in [3.63, 3.8) is 0 Å². The molecule has 0 saturated carbocycles. The van der Waals surface area contributed by atoms with Gasteiger partial charge in [0, 0.05) is 23.5 Å². The van der Waals surface area contributed by atoms with Crippen LogP contribution in [0.5, 0.6) is 0 Å². The molecule has 2 N–H and O–H groups in total. The maximum absolute atomic E-state index is 10.7. The van der Waals surface area contributed by atoms with Gasteiger partial charge in [0.1, 0.15) is 5.76 Å². The number of thiophene rings is 1. The van der Waals surface area contributed by atoms with Crippen molar-refractivity contribution in [3.05, 3.63) is 45.5 Å². The largest absolute Gasteiger partial charge is 0.475 e. The molecule has 2 aromatic rings. The molecule has 0 amide bonds. The Morgan fingerprint density at radius 1 is 1.56 bits per heavy atom. The van der Waals surface area contributed by atoms with Crippen molar-refractivity contribution < 1.29 is 14.3 Å². The number of carboxylic acid groups (broad SMARTS) is 1. The Hall–Kier alpha value is -1.59. The summed E-state index contributed by atoms with van der Waals surface area (Å²) in [5.74, 6) is -0.360. The molecular weight excluding hydrogens is 250 g/mol. The summed E-state index contributed by atoms with van der Waals surface area (Å²) < 4.78 is 5.14. The van der Waals surface area contributed by atoms with E-state index in [4.69, 9.17) is 9.52 Å². The summed E-state index contributed by atoms with van der Waals surface area (Å²) in [6.45, 7) is 3.28. The molecule has 0 aliphatic heterocycles. The lowest BCUT2D eigenvalue weighted by Gasteiger charge is -2.02. The van der Waals surface area contributed by atoms with Crippen LogP contribution < -0.4 is 5.32 Å². The van der Waals surface area contributed by atoms with Crippen molar-refractivity contribution >= 4 is 17.3 Å². The van der Waals surface area contributed by atoms with Gasteiger partial charge in [0.2, 0.25) is 5.76 Å². The first kappa shape index (κ1) is 12.9. The van der Waals surface area contributed by atoms with E-state index >= 15 is 0 Å². The van der Waals surface area contributed by atoms with Gasteiger partial charge in [-0.3, -0.25) is 0 Å². The fourth-order valence-corrected chi connectivity index (χ4v) is 2.40. The Balaban J connectivity index is 1.81. The average molecular weight is 265 g/mol. The third-order valence-corrected chi connectivity index (χ3v) is 3.61. The second-order valence-electron chi connectivity index (χ2n) is 4.00. The van der Waals surface area contributed by atoms with E-state index in [1.54, 1.807) is 24.3 Å². The number of aryl methyl sites for hydroxylation is 1. The van der Waals surface area contributed by atoms with Crippen LogP contribution in [0.2, 0.25) is 0 Å². The summed E-state index contributed by atoms with van der Waals surface area (Å²) in [5, 5.41) is 14.2. The zero-order valence-corrected chi connectivity index (χ0v) is 10.9. The zero-order valence-electron chi connectivity index (χ0n) is 10.1. The lowest BCUT2D eigenvalue weighted by Crippen LogP contribution is -2.16. The minimum absolute atomic E-state index is 0.00237. The third kappa shape index (κ3) is 3.21. The molecule has 5 heteroatoms. The molecule has 0 fully saturated rings. The smallest absolute Gasteiger partial charge is 0.371 e. The quantitative estimate of drug-likeness (QED) is 0.788. The van der Waals surface area contributed by atoms with E-state index in [0.29, 0.717) is 12.3 Å². The lowest BCUT2D eigenvalue weighted by molar-refractivity contribution is 0.0661. The van der Waals surface area contributed by atoms with Crippen LogP contribution in [-0.2, 0) is 13.0 Å². The predicted molar refractivity (Wildman–Crippen MR) is 70.1 cm³/mol. The van der Waals surface area contributed by atoms with E-state index in [1.807, 2.05) is 6.07 Å². The molecule has 18 heavy (non-hydrogen) atoms. The fourth-order valence-electron chi connectivity index (χ4n) is 1.69. The van der Waals surface area contributed by atoms with E-state index < -0.39 is 5.97 Å². The summed E-state index contributed by atoms with van der Waals surface area (Å²) in [5.41, 5.74) is 0.901. The highest BCUT2D eigenvalue weighted by Crippen LogP contribution is 2.14. The number of carbonyl (C=O) groups is 1. The molecule has 0 bridgehead atoms. The number of carboxylic acids is 1. The van der Waals surface area contributed by atoms with Gasteiger partial charge in [0.15, 0.2) is 0 Å². The van der Waals surface area contributed by atoms with Crippen LogP contribution in [0.3, 0.4) is 0 Å². The average Bonchev–Trinajstić information content (AvgIpc) is 2.94. The van der Waals surface area contributed by atoms with E-state index in [1.165, 1.54) is 4.88 Å². The highest BCUT2D eigenvalue weighted by atomic mass is 32.1. The van der Waals surface area contributed by atoms with Crippen LogP contribution in [0.25, 0.3) is 0 Å². The molecule has 0 aromatic carbocycles. The van der Waals surface area contributed by atoms with E-state index in [0.717, 1.165) is 18.5 Å². The number of furan rings is 1. The minimum atomic E-state index is -1.03. The molecule has 0 unspecified atom stereocenters. The van der Waals surface area contributed by atoms with Gasteiger partial charge < -0.3 is 14.8 Å². The number of nitrogens with one attached hydrogen (secondary N) is 1. The van der Waals surface area contributed by atoms with Gasteiger partial charge in [-0.15, -0.1) is 11.3 Å². The predicted octanol–water partition coefficient (Wildman–Crippen LogP) is 2.68.